The third kappa shape index (κ3) is 3.78. The van der Waals surface area contributed by atoms with Crippen LogP contribution in [0.4, 0.5) is 8.78 Å². The van der Waals surface area contributed by atoms with Gasteiger partial charge in [-0.3, -0.25) is 5.10 Å². The zero-order chi connectivity index (χ0) is 19.1. The molecule has 0 radical (unpaired) electrons. The van der Waals surface area contributed by atoms with Crippen molar-refractivity contribution in [3.05, 3.63) is 41.7 Å². The van der Waals surface area contributed by atoms with Crippen LogP contribution >= 0.6 is 0 Å². The topological polar surface area (TPSA) is 124 Å². The van der Waals surface area contributed by atoms with Gasteiger partial charge in [0.2, 0.25) is 0 Å². The highest BCUT2D eigenvalue weighted by molar-refractivity contribution is 7.90. The van der Waals surface area contributed by atoms with E-state index >= 15 is 0 Å². The number of nitrogens with zero attached hydrogens (tertiary/aromatic N) is 3. The van der Waals surface area contributed by atoms with Gasteiger partial charge in [-0.1, -0.05) is 0 Å². The number of halogens is 2. The lowest BCUT2D eigenvalue weighted by Crippen LogP contribution is -2.40. The lowest BCUT2D eigenvalue weighted by Gasteiger charge is -2.22. The van der Waals surface area contributed by atoms with E-state index in [0.29, 0.717) is 17.1 Å². The molecule has 0 aliphatic carbocycles. The summed E-state index contributed by atoms with van der Waals surface area (Å²) in [6.07, 6.45) is 2.42. The largest absolute Gasteiger partial charge is 0.421 e. The van der Waals surface area contributed by atoms with Gasteiger partial charge in [0.05, 0.1) is 22.4 Å². The SMILES string of the molecule is C[C@](N)(CS(C)(=O)=O)c1[nH]nc2nc(Oc3ccc(F)cc3F)ncc12. The van der Waals surface area contributed by atoms with Crippen LogP contribution in [0.2, 0.25) is 0 Å². The van der Waals surface area contributed by atoms with Crippen LogP contribution in [-0.2, 0) is 15.4 Å². The highest BCUT2D eigenvalue weighted by Crippen LogP contribution is 2.27. The number of ether oxygens (including phenoxy) is 1. The molecule has 1 aromatic carbocycles. The molecule has 0 bridgehead atoms. The van der Waals surface area contributed by atoms with Crippen molar-refractivity contribution in [2.45, 2.75) is 12.5 Å². The monoisotopic (exact) mass is 383 g/mol. The molecule has 3 rings (SSSR count). The summed E-state index contributed by atoms with van der Waals surface area (Å²) in [6.45, 7) is 1.54. The fourth-order valence-corrected chi connectivity index (χ4v) is 3.78. The maximum atomic E-state index is 13.7. The van der Waals surface area contributed by atoms with Gasteiger partial charge in [0, 0.05) is 18.5 Å². The van der Waals surface area contributed by atoms with Crippen molar-refractivity contribution in [3.8, 4) is 11.8 Å². The number of hydrogen-bond acceptors (Lipinski definition) is 7. The number of hydrogen-bond donors (Lipinski definition) is 2. The number of aromatic amines is 1. The molecule has 11 heteroatoms. The minimum absolute atomic E-state index is 0.165. The van der Waals surface area contributed by atoms with Gasteiger partial charge in [-0.25, -0.2) is 22.2 Å². The van der Waals surface area contributed by atoms with Gasteiger partial charge < -0.3 is 10.5 Å². The predicted octanol–water partition coefficient (Wildman–Crippen LogP) is 1.64. The van der Waals surface area contributed by atoms with E-state index in [2.05, 4.69) is 20.2 Å². The van der Waals surface area contributed by atoms with Crippen molar-refractivity contribution in [1.82, 2.24) is 20.2 Å². The molecule has 0 amide bonds. The first-order valence-electron chi connectivity index (χ1n) is 7.36. The van der Waals surface area contributed by atoms with Crippen molar-refractivity contribution in [2.75, 3.05) is 12.0 Å². The molecular formula is C15H15F2N5O3S. The van der Waals surface area contributed by atoms with Crippen LogP contribution in [0.25, 0.3) is 11.0 Å². The molecule has 2 heterocycles. The highest BCUT2D eigenvalue weighted by atomic mass is 32.2. The normalized spacial score (nSPS) is 14.3. The van der Waals surface area contributed by atoms with E-state index in [1.54, 1.807) is 6.92 Å². The summed E-state index contributed by atoms with van der Waals surface area (Å²) < 4.78 is 54.9. The first-order valence-corrected chi connectivity index (χ1v) is 9.42. The van der Waals surface area contributed by atoms with E-state index in [1.807, 2.05) is 0 Å². The Labute approximate surface area is 147 Å². The van der Waals surface area contributed by atoms with E-state index in [0.717, 1.165) is 18.4 Å². The van der Waals surface area contributed by atoms with E-state index in [1.165, 1.54) is 6.20 Å². The van der Waals surface area contributed by atoms with Crippen molar-refractivity contribution in [2.24, 2.45) is 5.73 Å². The molecule has 0 saturated heterocycles. The predicted molar refractivity (Wildman–Crippen MR) is 89.4 cm³/mol. The van der Waals surface area contributed by atoms with Crippen LogP contribution < -0.4 is 10.5 Å². The summed E-state index contributed by atoms with van der Waals surface area (Å²) in [4.78, 5) is 7.97. The Morgan fingerprint density at radius 2 is 2.08 bits per heavy atom. The van der Waals surface area contributed by atoms with Crippen LogP contribution in [0.5, 0.6) is 11.8 Å². The molecule has 1 atom stereocenters. The Morgan fingerprint density at radius 3 is 2.73 bits per heavy atom. The van der Waals surface area contributed by atoms with Crippen molar-refractivity contribution in [1.29, 1.82) is 0 Å². The fraction of sp³-hybridized carbons (Fsp3) is 0.267. The number of nitrogens with one attached hydrogen (secondary N) is 1. The van der Waals surface area contributed by atoms with Crippen molar-refractivity contribution < 1.29 is 21.9 Å². The minimum atomic E-state index is -3.34. The number of fused-ring (bicyclic) bond motifs is 1. The molecule has 26 heavy (non-hydrogen) atoms. The lowest BCUT2D eigenvalue weighted by molar-refractivity contribution is 0.409. The van der Waals surface area contributed by atoms with E-state index in [-0.39, 0.29) is 23.2 Å². The second-order valence-electron chi connectivity index (χ2n) is 6.15. The first-order chi connectivity index (χ1) is 12.0. The minimum Gasteiger partial charge on any atom is -0.421 e. The number of benzene rings is 1. The first kappa shape index (κ1) is 18.1. The van der Waals surface area contributed by atoms with Crippen LogP contribution in [0.1, 0.15) is 12.6 Å². The van der Waals surface area contributed by atoms with Gasteiger partial charge >= 0.3 is 6.01 Å². The number of aromatic nitrogens is 4. The Hall–Kier alpha value is -2.66. The molecule has 3 aromatic rings. The Bertz CT molecular complexity index is 1080. The maximum Gasteiger partial charge on any atom is 0.324 e. The van der Waals surface area contributed by atoms with Crippen molar-refractivity contribution in [3.63, 3.8) is 0 Å². The highest BCUT2D eigenvalue weighted by Gasteiger charge is 2.30. The van der Waals surface area contributed by atoms with Crippen LogP contribution in [0, 0.1) is 11.6 Å². The van der Waals surface area contributed by atoms with E-state index in [9.17, 15) is 17.2 Å². The fourth-order valence-electron chi connectivity index (χ4n) is 2.55. The molecule has 0 aliphatic rings. The number of nitrogens with two attached hydrogens (primary N) is 1. The van der Waals surface area contributed by atoms with Gasteiger partial charge in [0.15, 0.2) is 17.2 Å². The second kappa shape index (κ2) is 6.25. The molecule has 138 valence electrons. The second-order valence-corrected chi connectivity index (χ2v) is 8.29. The summed E-state index contributed by atoms with van der Waals surface area (Å²) in [5.74, 6) is -2.20. The Kier molecular flexibility index (Phi) is 4.36. The number of rotatable bonds is 5. The molecule has 2 aromatic heterocycles. The number of H-pyrrole nitrogens is 1. The maximum absolute atomic E-state index is 13.7. The molecular weight excluding hydrogens is 368 g/mol. The van der Waals surface area contributed by atoms with Crippen LogP contribution in [-0.4, -0.2) is 40.6 Å². The van der Waals surface area contributed by atoms with E-state index < -0.39 is 27.0 Å². The summed E-state index contributed by atoms with van der Waals surface area (Å²) in [7, 11) is -3.34. The van der Waals surface area contributed by atoms with Gasteiger partial charge in [-0.2, -0.15) is 10.1 Å². The van der Waals surface area contributed by atoms with Gasteiger partial charge in [0.1, 0.15) is 15.7 Å². The Morgan fingerprint density at radius 1 is 1.35 bits per heavy atom. The van der Waals surface area contributed by atoms with Gasteiger partial charge in [-0.05, 0) is 19.1 Å². The van der Waals surface area contributed by atoms with Crippen LogP contribution in [0.3, 0.4) is 0 Å². The van der Waals surface area contributed by atoms with E-state index in [4.69, 9.17) is 10.5 Å². The lowest BCUT2D eigenvalue weighted by atomic mass is 10.0. The summed E-state index contributed by atoms with van der Waals surface area (Å²) in [5.41, 5.74) is 5.38. The standard InChI is InChI=1S/C15H15F2N5O3S/c1-15(18,7-26(2,23)24)12-9-6-19-14(20-13(9)22-21-12)25-11-4-3-8(16)5-10(11)17/h3-6H,7,18H2,1-2H3,(H,19,20,21,22)/t15-/m0/s1. The molecule has 8 nitrogen and oxygen atoms in total. The zero-order valence-corrected chi connectivity index (χ0v) is 14.6. The molecule has 0 fully saturated rings. The third-order valence-corrected chi connectivity index (χ3v) is 4.64. The third-order valence-electron chi connectivity index (χ3n) is 3.52. The average Bonchev–Trinajstić information content (AvgIpc) is 2.92. The molecule has 3 N–H and O–H groups in total. The Balaban J connectivity index is 1.94. The molecule has 0 spiro atoms. The summed E-state index contributed by atoms with van der Waals surface area (Å²) in [6, 6.07) is 2.61. The van der Waals surface area contributed by atoms with Crippen LogP contribution in [0.15, 0.2) is 24.4 Å². The smallest absolute Gasteiger partial charge is 0.324 e. The average molecular weight is 383 g/mol. The van der Waals surface area contributed by atoms with Gasteiger partial charge in [0.25, 0.3) is 0 Å². The molecule has 0 saturated carbocycles. The quantitative estimate of drug-likeness (QED) is 0.686. The van der Waals surface area contributed by atoms with Crippen molar-refractivity contribution >= 4 is 20.9 Å². The zero-order valence-electron chi connectivity index (χ0n) is 13.8. The summed E-state index contributed by atoms with van der Waals surface area (Å²) >= 11 is 0. The molecule has 0 aliphatic heterocycles. The van der Waals surface area contributed by atoms with Gasteiger partial charge in [-0.15, -0.1) is 0 Å². The summed E-state index contributed by atoms with van der Waals surface area (Å²) in [5, 5.41) is 7.04. The molecule has 0 unspecified atom stereocenters. The number of sulfone groups is 1.